The number of Topliss-reactive ketones (excluding diaryl/α,β-unsaturated/α-hetero) is 1. The van der Waals surface area contributed by atoms with Crippen molar-refractivity contribution < 1.29 is 9.59 Å². The molecule has 4 aromatic carbocycles. The molecule has 0 radical (unpaired) electrons. The van der Waals surface area contributed by atoms with Gasteiger partial charge < -0.3 is 0 Å². The average Bonchev–Trinajstić information content (AvgIpc) is 2.76. The van der Waals surface area contributed by atoms with Crippen LogP contribution < -0.4 is 0 Å². The predicted octanol–water partition coefficient (Wildman–Crippen LogP) is 6.03. The van der Waals surface area contributed by atoms with E-state index in [9.17, 15) is 9.59 Å². The molecule has 28 heavy (non-hydrogen) atoms. The largest absolute Gasteiger partial charge is 0.293 e. The van der Waals surface area contributed by atoms with Crippen molar-refractivity contribution in [3.63, 3.8) is 0 Å². The average molecular weight is 380 g/mol. The summed E-state index contributed by atoms with van der Waals surface area (Å²) in [6.07, 6.45) is 0. The molecule has 0 bridgehead atoms. The SMILES string of the molecule is O=C(CSc1cc2c3c(cccc3c1)C(=O)c1ccccc1-2)c1ccccc1. The van der Waals surface area contributed by atoms with Gasteiger partial charge in [-0.2, -0.15) is 0 Å². The zero-order valence-corrected chi connectivity index (χ0v) is 15.8. The minimum absolute atomic E-state index is 0.0772. The van der Waals surface area contributed by atoms with Gasteiger partial charge in [0.25, 0.3) is 0 Å². The van der Waals surface area contributed by atoms with Gasteiger partial charge in [-0.1, -0.05) is 72.8 Å². The van der Waals surface area contributed by atoms with Crippen LogP contribution in [0.3, 0.4) is 0 Å². The summed E-state index contributed by atoms with van der Waals surface area (Å²) in [5.74, 6) is 0.576. The maximum absolute atomic E-state index is 12.9. The molecule has 0 aromatic heterocycles. The molecule has 0 saturated carbocycles. The molecule has 0 N–H and O–H groups in total. The van der Waals surface area contributed by atoms with Crippen molar-refractivity contribution in [3.8, 4) is 11.1 Å². The number of carbonyl (C=O) groups is 2. The van der Waals surface area contributed by atoms with Gasteiger partial charge in [-0.3, -0.25) is 9.59 Å². The van der Waals surface area contributed by atoms with E-state index in [2.05, 4.69) is 12.1 Å². The molecule has 5 rings (SSSR count). The molecule has 0 fully saturated rings. The quantitative estimate of drug-likeness (QED) is 0.282. The Hall–Kier alpha value is -3.17. The third-order valence-electron chi connectivity index (χ3n) is 5.12. The molecular weight excluding hydrogens is 364 g/mol. The molecule has 0 spiro atoms. The van der Waals surface area contributed by atoms with E-state index in [4.69, 9.17) is 0 Å². The van der Waals surface area contributed by atoms with Crippen LogP contribution in [0, 0.1) is 0 Å². The van der Waals surface area contributed by atoms with Gasteiger partial charge in [0.15, 0.2) is 11.6 Å². The number of hydrogen-bond donors (Lipinski definition) is 0. The Morgan fingerprint density at radius 2 is 1.43 bits per heavy atom. The van der Waals surface area contributed by atoms with Crippen molar-refractivity contribution in [2.24, 2.45) is 0 Å². The monoisotopic (exact) mass is 380 g/mol. The van der Waals surface area contributed by atoms with Gasteiger partial charge in [0, 0.05) is 27.0 Å². The maximum Gasteiger partial charge on any atom is 0.194 e. The van der Waals surface area contributed by atoms with E-state index in [-0.39, 0.29) is 11.6 Å². The van der Waals surface area contributed by atoms with Gasteiger partial charge >= 0.3 is 0 Å². The Balaban J connectivity index is 1.57. The number of ketones is 2. The summed E-state index contributed by atoms with van der Waals surface area (Å²) >= 11 is 1.54. The fourth-order valence-electron chi connectivity index (χ4n) is 3.80. The molecule has 1 aliphatic rings. The standard InChI is InChI=1S/C25H16O2S/c26-23(16-7-2-1-3-8-16)15-28-18-13-17-9-6-12-21-24(17)22(14-18)19-10-4-5-11-20(19)25(21)27/h1-14H,15H2. The van der Waals surface area contributed by atoms with Crippen molar-refractivity contribution in [1.29, 1.82) is 0 Å². The Bertz CT molecular complexity index is 1240. The van der Waals surface area contributed by atoms with Gasteiger partial charge in [0.05, 0.1) is 5.75 Å². The topological polar surface area (TPSA) is 34.1 Å². The molecule has 4 aromatic rings. The van der Waals surface area contributed by atoms with E-state index in [0.717, 1.165) is 43.5 Å². The summed E-state index contributed by atoms with van der Waals surface area (Å²) in [5.41, 5.74) is 4.26. The second-order valence-electron chi connectivity index (χ2n) is 6.83. The highest BCUT2D eigenvalue weighted by Crippen LogP contribution is 2.41. The summed E-state index contributed by atoms with van der Waals surface area (Å²) < 4.78 is 0. The van der Waals surface area contributed by atoms with E-state index in [1.807, 2.05) is 72.8 Å². The zero-order chi connectivity index (χ0) is 19.1. The zero-order valence-electron chi connectivity index (χ0n) is 15.0. The number of fused-ring (bicyclic) bond motifs is 2. The molecule has 0 unspecified atom stereocenters. The van der Waals surface area contributed by atoms with Gasteiger partial charge in [0.1, 0.15) is 0 Å². The number of benzene rings is 4. The van der Waals surface area contributed by atoms with Gasteiger partial charge in [-0.05, 0) is 28.6 Å². The van der Waals surface area contributed by atoms with Crippen molar-refractivity contribution in [3.05, 3.63) is 102 Å². The maximum atomic E-state index is 12.9. The highest BCUT2D eigenvalue weighted by atomic mass is 32.2. The van der Waals surface area contributed by atoms with E-state index < -0.39 is 0 Å². The van der Waals surface area contributed by atoms with Crippen LogP contribution in [-0.2, 0) is 0 Å². The third-order valence-corrected chi connectivity index (χ3v) is 6.10. The first kappa shape index (κ1) is 17.0. The molecule has 0 aliphatic heterocycles. The Morgan fingerprint density at radius 3 is 2.25 bits per heavy atom. The minimum atomic E-state index is 0.0772. The molecule has 0 saturated heterocycles. The number of rotatable bonds is 4. The van der Waals surface area contributed by atoms with Gasteiger partial charge in [0.2, 0.25) is 0 Å². The van der Waals surface area contributed by atoms with Crippen LogP contribution in [0.4, 0.5) is 0 Å². The lowest BCUT2D eigenvalue weighted by molar-refractivity contribution is 0.101. The van der Waals surface area contributed by atoms with Crippen molar-refractivity contribution in [1.82, 2.24) is 0 Å². The summed E-state index contributed by atoms with van der Waals surface area (Å²) in [7, 11) is 0. The normalized spacial score (nSPS) is 12.1. The number of carbonyl (C=O) groups excluding carboxylic acids is 2. The smallest absolute Gasteiger partial charge is 0.194 e. The van der Waals surface area contributed by atoms with Crippen LogP contribution in [0.2, 0.25) is 0 Å². The first-order valence-electron chi connectivity index (χ1n) is 9.14. The second-order valence-corrected chi connectivity index (χ2v) is 7.88. The van der Waals surface area contributed by atoms with Gasteiger partial charge in [-0.25, -0.2) is 0 Å². The number of hydrogen-bond acceptors (Lipinski definition) is 3. The van der Waals surface area contributed by atoms with Crippen LogP contribution in [0.15, 0.2) is 89.8 Å². The molecule has 0 atom stereocenters. The summed E-state index contributed by atoms with van der Waals surface area (Å²) in [5, 5.41) is 2.04. The highest BCUT2D eigenvalue weighted by molar-refractivity contribution is 8.00. The van der Waals surface area contributed by atoms with Crippen LogP contribution in [0.25, 0.3) is 21.9 Å². The lowest BCUT2D eigenvalue weighted by Gasteiger charge is -2.20. The first-order valence-corrected chi connectivity index (χ1v) is 10.1. The fraction of sp³-hybridized carbons (Fsp3) is 0.0400. The molecular formula is C25H16O2S. The molecule has 1 aliphatic carbocycles. The first-order chi connectivity index (χ1) is 13.7. The van der Waals surface area contributed by atoms with Crippen LogP contribution in [-0.4, -0.2) is 17.3 Å². The minimum Gasteiger partial charge on any atom is -0.293 e. The number of thioether (sulfide) groups is 1. The van der Waals surface area contributed by atoms with E-state index >= 15 is 0 Å². The molecule has 2 nitrogen and oxygen atoms in total. The summed E-state index contributed by atoms with van der Waals surface area (Å²) in [6, 6.07) is 27.2. The summed E-state index contributed by atoms with van der Waals surface area (Å²) in [6.45, 7) is 0. The Kier molecular flexibility index (Phi) is 4.10. The van der Waals surface area contributed by atoms with Crippen molar-refractivity contribution in [2.75, 3.05) is 5.75 Å². The van der Waals surface area contributed by atoms with Gasteiger partial charge in [-0.15, -0.1) is 11.8 Å². The van der Waals surface area contributed by atoms with Crippen LogP contribution in [0.5, 0.6) is 0 Å². The van der Waals surface area contributed by atoms with Crippen LogP contribution in [0.1, 0.15) is 26.3 Å². The molecule has 134 valence electrons. The van der Waals surface area contributed by atoms with E-state index in [1.54, 1.807) is 0 Å². The fourth-order valence-corrected chi connectivity index (χ4v) is 4.68. The van der Waals surface area contributed by atoms with Crippen LogP contribution >= 0.6 is 11.8 Å². The molecule has 0 heterocycles. The molecule has 3 heteroatoms. The highest BCUT2D eigenvalue weighted by Gasteiger charge is 2.25. The van der Waals surface area contributed by atoms with E-state index in [0.29, 0.717) is 5.75 Å². The predicted molar refractivity (Wildman–Crippen MR) is 114 cm³/mol. The molecule has 0 amide bonds. The Morgan fingerprint density at radius 1 is 0.714 bits per heavy atom. The van der Waals surface area contributed by atoms with E-state index in [1.165, 1.54) is 11.8 Å². The van der Waals surface area contributed by atoms with Crippen molar-refractivity contribution in [2.45, 2.75) is 4.90 Å². The lowest BCUT2D eigenvalue weighted by Crippen LogP contribution is -2.09. The summed E-state index contributed by atoms with van der Waals surface area (Å²) in [4.78, 5) is 26.4. The Labute approximate surface area is 167 Å². The third kappa shape index (κ3) is 2.76. The van der Waals surface area contributed by atoms with Crippen molar-refractivity contribution >= 4 is 34.1 Å². The lowest BCUT2D eigenvalue weighted by atomic mass is 9.83. The second kappa shape index (κ2) is 6.77.